The highest BCUT2D eigenvalue weighted by Gasteiger charge is 2.23. The summed E-state index contributed by atoms with van der Waals surface area (Å²) in [5.74, 6) is 0.344. The molecule has 0 aromatic heterocycles. The molecule has 1 fully saturated rings. The van der Waals surface area contributed by atoms with Crippen molar-refractivity contribution in [3.63, 3.8) is 0 Å². The highest BCUT2D eigenvalue weighted by Crippen LogP contribution is 2.23. The van der Waals surface area contributed by atoms with Crippen LogP contribution in [0.1, 0.15) is 18.9 Å². The van der Waals surface area contributed by atoms with Gasteiger partial charge in [-0.05, 0) is 44.0 Å². The van der Waals surface area contributed by atoms with Crippen molar-refractivity contribution in [1.82, 2.24) is 0 Å². The first-order chi connectivity index (χ1) is 7.16. The quantitative estimate of drug-likeness (QED) is 0.731. The van der Waals surface area contributed by atoms with E-state index >= 15 is 0 Å². The van der Waals surface area contributed by atoms with Gasteiger partial charge in [-0.3, -0.25) is 0 Å². The van der Waals surface area contributed by atoms with Crippen molar-refractivity contribution < 1.29 is 9.84 Å². The van der Waals surface area contributed by atoms with E-state index in [0.717, 1.165) is 24.3 Å². The van der Waals surface area contributed by atoms with E-state index in [-0.39, 0.29) is 6.10 Å². The van der Waals surface area contributed by atoms with E-state index in [4.69, 9.17) is 4.74 Å². The van der Waals surface area contributed by atoms with Crippen LogP contribution in [0.15, 0.2) is 18.2 Å². The molecule has 82 valence electrons. The first kappa shape index (κ1) is 10.3. The number of benzene rings is 1. The molecule has 0 aliphatic carbocycles. The molecule has 1 aromatic rings. The number of nitrogens with one attached hydrogen (secondary N) is 1. The Morgan fingerprint density at radius 3 is 2.87 bits per heavy atom. The van der Waals surface area contributed by atoms with Crippen molar-refractivity contribution in [3.8, 4) is 5.75 Å². The van der Waals surface area contributed by atoms with Crippen LogP contribution in [0, 0.1) is 6.92 Å². The average molecular weight is 207 g/mol. The van der Waals surface area contributed by atoms with Gasteiger partial charge >= 0.3 is 0 Å². The number of aromatic hydroxyl groups is 1. The maximum absolute atomic E-state index is 9.40. The summed E-state index contributed by atoms with van der Waals surface area (Å²) in [7, 11) is 0. The van der Waals surface area contributed by atoms with Crippen LogP contribution in [-0.4, -0.2) is 23.9 Å². The predicted octanol–water partition coefficient (Wildman–Crippen LogP) is 2.29. The molecule has 0 bridgehead atoms. The van der Waals surface area contributed by atoms with Crippen molar-refractivity contribution in [1.29, 1.82) is 0 Å². The van der Waals surface area contributed by atoms with Crippen LogP contribution in [0.3, 0.4) is 0 Å². The normalized spacial score (nSPS) is 25.5. The van der Waals surface area contributed by atoms with Gasteiger partial charge in [0.15, 0.2) is 0 Å². The average Bonchev–Trinajstić information content (AvgIpc) is 2.59. The van der Waals surface area contributed by atoms with Crippen LogP contribution in [0.5, 0.6) is 5.75 Å². The van der Waals surface area contributed by atoms with E-state index in [1.165, 1.54) is 0 Å². The van der Waals surface area contributed by atoms with E-state index in [1.807, 2.05) is 19.1 Å². The SMILES string of the molecule is Cc1cc(NC2CCOC2C)ccc1O. The number of phenolic OH excluding ortho intramolecular Hbond substituents is 1. The Morgan fingerprint density at radius 2 is 2.27 bits per heavy atom. The third-order valence-electron chi connectivity index (χ3n) is 2.93. The Kier molecular flexibility index (Phi) is 2.82. The van der Waals surface area contributed by atoms with Gasteiger partial charge in [-0.2, -0.15) is 0 Å². The summed E-state index contributed by atoms with van der Waals surface area (Å²) in [4.78, 5) is 0. The van der Waals surface area contributed by atoms with Gasteiger partial charge in [0.1, 0.15) is 5.75 Å². The van der Waals surface area contributed by atoms with Gasteiger partial charge in [0.2, 0.25) is 0 Å². The van der Waals surface area contributed by atoms with Crippen molar-refractivity contribution >= 4 is 5.69 Å². The lowest BCUT2D eigenvalue weighted by atomic mass is 10.1. The molecule has 1 heterocycles. The standard InChI is InChI=1S/C12H17NO2/c1-8-7-10(3-4-12(8)14)13-11-5-6-15-9(11)2/h3-4,7,9,11,13-14H,5-6H2,1-2H3. The molecule has 0 spiro atoms. The highest BCUT2D eigenvalue weighted by molar-refractivity contribution is 5.51. The summed E-state index contributed by atoms with van der Waals surface area (Å²) < 4.78 is 5.48. The maximum atomic E-state index is 9.40. The van der Waals surface area contributed by atoms with Crippen LogP contribution in [0.25, 0.3) is 0 Å². The molecule has 15 heavy (non-hydrogen) atoms. The fraction of sp³-hybridized carbons (Fsp3) is 0.500. The fourth-order valence-corrected chi connectivity index (χ4v) is 1.88. The largest absolute Gasteiger partial charge is 0.508 e. The van der Waals surface area contributed by atoms with Crippen LogP contribution in [0.4, 0.5) is 5.69 Å². The van der Waals surface area contributed by atoms with Crippen LogP contribution >= 0.6 is 0 Å². The molecule has 1 saturated heterocycles. The molecule has 3 nitrogen and oxygen atoms in total. The van der Waals surface area contributed by atoms with Crippen molar-refractivity contribution in [2.45, 2.75) is 32.4 Å². The monoisotopic (exact) mass is 207 g/mol. The summed E-state index contributed by atoms with van der Waals surface area (Å²) in [5.41, 5.74) is 1.94. The summed E-state index contributed by atoms with van der Waals surface area (Å²) >= 11 is 0. The molecule has 1 aromatic carbocycles. The Balaban J connectivity index is 2.07. The zero-order chi connectivity index (χ0) is 10.8. The molecule has 2 unspecified atom stereocenters. The third kappa shape index (κ3) is 2.23. The minimum absolute atomic E-state index is 0.263. The van der Waals surface area contributed by atoms with Gasteiger partial charge in [0, 0.05) is 12.3 Å². The van der Waals surface area contributed by atoms with Crippen molar-refractivity contribution in [2.24, 2.45) is 0 Å². The van der Waals surface area contributed by atoms with E-state index in [0.29, 0.717) is 11.8 Å². The number of aryl methyl sites for hydroxylation is 1. The summed E-state index contributed by atoms with van der Waals surface area (Å²) in [6.45, 7) is 4.81. The van der Waals surface area contributed by atoms with Gasteiger partial charge in [-0.15, -0.1) is 0 Å². The number of phenols is 1. The third-order valence-corrected chi connectivity index (χ3v) is 2.93. The number of hydrogen-bond acceptors (Lipinski definition) is 3. The minimum atomic E-state index is 0.263. The van der Waals surface area contributed by atoms with E-state index in [9.17, 15) is 5.11 Å². The molecule has 0 radical (unpaired) electrons. The second-order valence-electron chi connectivity index (χ2n) is 4.12. The lowest BCUT2D eigenvalue weighted by Crippen LogP contribution is -2.26. The van der Waals surface area contributed by atoms with E-state index in [2.05, 4.69) is 12.2 Å². The van der Waals surface area contributed by atoms with Crippen LogP contribution < -0.4 is 5.32 Å². The summed E-state index contributed by atoms with van der Waals surface area (Å²) in [5, 5.41) is 12.8. The molecular formula is C12H17NO2. The zero-order valence-corrected chi connectivity index (χ0v) is 9.16. The topological polar surface area (TPSA) is 41.5 Å². The van der Waals surface area contributed by atoms with Gasteiger partial charge < -0.3 is 15.2 Å². The summed E-state index contributed by atoms with van der Waals surface area (Å²) in [6.07, 6.45) is 1.31. The molecular weight excluding hydrogens is 190 g/mol. The van der Waals surface area contributed by atoms with E-state index < -0.39 is 0 Å². The molecule has 2 N–H and O–H groups in total. The predicted molar refractivity (Wildman–Crippen MR) is 60.3 cm³/mol. The van der Waals surface area contributed by atoms with Crippen molar-refractivity contribution in [2.75, 3.05) is 11.9 Å². The molecule has 2 rings (SSSR count). The first-order valence-electron chi connectivity index (χ1n) is 5.34. The molecule has 0 amide bonds. The molecule has 3 heteroatoms. The van der Waals surface area contributed by atoms with Gasteiger partial charge in [0.25, 0.3) is 0 Å². The molecule has 2 atom stereocenters. The highest BCUT2D eigenvalue weighted by atomic mass is 16.5. The number of ether oxygens (including phenoxy) is 1. The Hall–Kier alpha value is -1.22. The van der Waals surface area contributed by atoms with Gasteiger partial charge in [-0.1, -0.05) is 0 Å². The number of anilines is 1. The molecule has 1 aliphatic heterocycles. The second kappa shape index (κ2) is 4.11. The Labute approximate surface area is 90.1 Å². The van der Waals surface area contributed by atoms with Gasteiger partial charge in [-0.25, -0.2) is 0 Å². The summed E-state index contributed by atoms with van der Waals surface area (Å²) in [6, 6.07) is 5.96. The molecule has 1 aliphatic rings. The first-order valence-corrected chi connectivity index (χ1v) is 5.34. The van der Waals surface area contributed by atoms with Crippen LogP contribution in [0.2, 0.25) is 0 Å². The number of rotatable bonds is 2. The minimum Gasteiger partial charge on any atom is -0.508 e. The number of hydrogen-bond donors (Lipinski definition) is 2. The maximum Gasteiger partial charge on any atom is 0.118 e. The Morgan fingerprint density at radius 1 is 1.47 bits per heavy atom. The van der Waals surface area contributed by atoms with Crippen LogP contribution in [-0.2, 0) is 4.74 Å². The smallest absolute Gasteiger partial charge is 0.118 e. The lowest BCUT2D eigenvalue weighted by Gasteiger charge is -2.17. The van der Waals surface area contributed by atoms with Gasteiger partial charge in [0.05, 0.1) is 12.1 Å². The molecule has 0 saturated carbocycles. The lowest BCUT2D eigenvalue weighted by molar-refractivity contribution is 0.121. The fourth-order valence-electron chi connectivity index (χ4n) is 1.88. The Bertz CT molecular complexity index is 351. The zero-order valence-electron chi connectivity index (χ0n) is 9.16. The van der Waals surface area contributed by atoms with E-state index in [1.54, 1.807) is 6.07 Å². The second-order valence-corrected chi connectivity index (χ2v) is 4.12. The van der Waals surface area contributed by atoms with Crippen molar-refractivity contribution in [3.05, 3.63) is 23.8 Å².